The predicted molar refractivity (Wildman–Crippen MR) is 80.0 cm³/mol. The fraction of sp³-hybridized carbons (Fsp3) is 0.562. The molecule has 0 aliphatic rings. The second kappa shape index (κ2) is 8.56. The zero-order chi connectivity index (χ0) is 15.0. The van der Waals surface area contributed by atoms with Crippen LogP contribution in [0.1, 0.15) is 45.1 Å². The zero-order valence-corrected chi connectivity index (χ0v) is 12.7. The molecule has 0 saturated carbocycles. The maximum Gasteiger partial charge on any atom is 0.317 e. The van der Waals surface area contributed by atoms with Gasteiger partial charge in [0.2, 0.25) is 0 Å². The lowest BCUT2D eigenvalue weighted by atomic mass is 10.1. The van der Waals surface area contributed by atoms with Gasteiger partial charge in [0.25, 0.3) is 0 Å². The fourth-order valence-corrected chi connectivity index (χ4v) is 2.07. The molecule has 20 heavy (non-hydrogen) atoms. The minimum absolute atomic E-state index is 0.113. The van der Waals surface area contributed by atoms with E-state index in [2.05, 4.69) is 12.2 Å². The lowest BCUT2D eigenvalue weighted by Gasteiger charge is -2.21. The molecule has 0 radical (unpaired) electrons. The van der Waals surface area contributed by atoms with Crippen molar-refractivity contribution in [1.82, 2.24) is 10.2 Å². The lowest BCUT2D eigenvalue weighted by Crippen LogP contribution is -2.41. The van der Waals surface area contributed by atoms with Crippen LogP contribution in [0.5, 0.6) is 0 Å². The summed E-state index contributed by atoms with van der Waals surface area (Å²) in [5.74, 6) is -0.274. The van der Waals surface area contributed by atoms with Crippen LogP contribution in [0.15, 0.2) is 24.3 Å². The standard InChI is InChI=1S/C16H25FN2O/c1-4-5-6-8-13(2)18-16(20)19(3)12-14-9-7-10-15(17)11-14/h7,9-11,13H,4-6,8,12H2,1-3H3,(H,18,20). The summed E-state index contributed by atoms with van der Waals surface area (Å²) in [6.45, 7) is 4.59. The van der Waals surface area contributed by atoms with Gasteiger partial charge in [-0.15, -0.1) is 0 Å². The Kier molecular flexibility index (Phi) is 7.05. The molecule has 0 aliphatic carbocycles. The molecule has 3 nitrogen and oxygen atoms in total. The van der Waals surface area contributed by atoms with Crippen molar-refractivity contribution in [3.8, 4) is 0 Å². The van der Waals surface area contributed by atoms with Crippen molar-refractivity contribution in [1.29, 1.82) is 0 Å². The highest BCUT2D eigenvalue weighted by Gasteiger charge is 2.12. The Morgan fingerprint density at radius 2 is 2.15 bits per heavy atom. The molecular formula is C16H25FN2O. The lowest BCUT2D eigenvalue weighted by molar-refractivity contribution is 0.202. The van der Waals surface area contributed by atoms with Gasteiger partial charge in [0.05, 0.1) is 0 Å². The predicted octanol–water partition coefficient (Wildman–Crippen LogP) is 3.94. The molecule has 1 aromatic rings. The molecule has 0 saturated heterocycles. The Morgan fingerprint density at radius 3 is 2.80 bits per heavy atom. The van der Waals surface area contributed by atoms with Crippen LogP contribution in [0.4, 0.5) is 9.18 Å². The molecule has 4 heteroatoms. The molecule has 0 spiro atoms. The summed E-state index contributed by atoms with van der Waals surface area (Å²) in [6.07, 6.45) is 4.50. The number of amides is 2. The van der Waals surface area contributed by atoms with Gasteiger partial charge < -0.3 is 10.2 Å². The van der Waals surface area contributed by atoms with E-state index in [0.29, 0.717) is 6.54 Å². The van der Waals surface area contributed by atoms with Crippen LogP contribution in [0.3, 0.4) is 0 Å². The number of rotatable bonds is 7. The fourth-order valence-electron chi connectivity index (χ4n) is 2.07. The molecular weight excluding hydrogens is 255 g/mol. The molecule has 0 heterocycles. The number of nitrogens with one attached hydrogen (secondary N) is 1. The highest BCUT2D eigenvalue weighted by atomic mass is 19.1. The van der Waals surface area contributed by atoms with Crippen molar-refractivity contribution < 1.29 is 9.18 Å². The van der Waals surface area contributed by atoms with Gasteiger partial charge in [-0.3, -0.25) is 0 Å². The molecule has 112 valence electrons. The van der Waals surface area contributed by atoms with Crippen molar-refractivity contribution in [3.63, 3.8) is 0 Å². The number of halogens is 1. The molecule has 0 bridgehead atoms. The summed E-state index contributed by atoms with van der Waals surface area (Å²) >= 11 is 0. The van der Waals surface area contributed by atoms with E-state index in [4.69, 9.17) is 0 Å². The molecule has 1 unspecified atom stereocenters. The van der Waals surface area contributed by atoms with Gasteiger partial charge >= 0.3 is 6.03 Å². The minimum Gasteiger partial charge on any atom is -0.336 e. The second-order valence-electron chi connectivity index (χ2n) is 5.33. The second-order valence-corrected chi connectivity index (χ2v) is 5.33. The SMILES string of the molecule is CCCCCC(C)NC(=O)N(C)Cc1cccc(F)c1. The van der Waals surface area contributed by atoms with Gasteiger partial charge in [-0.25, -0.2) is 9.18 Å². The smallest absolute Gasteiger partial charge is 0.317 e. The van der Waals surface area contributed by atoms with Gasteiger partial charge in [-0.2, -0.15) is 0 Å². The Bertz CT molecular complexity index is 423. The first-order valence-corrected chi connectivity index (χ1v) is 7.29. The van der Waals surface area contributed by atoms with E-state index >= 15 is 0 Å². The number of carbonyl (C=O) groups is 1. The largest absolute Gasteiger partial charge is 0.336 e. The van der Waals surface area contributed by atoms with Crippen molar-refractivity contribution in [2.24, 2.45) is 0 Å². The van der Waals surface area contributed by atoms with E-state index in [1.54, 1.807) is 18.0 Å². The average molecular weight is 280 g/mol. The van der Waals surface area contributed by atoms with Gasteiger partial charge in [0, 0.05) is 19.6 Å². The maximum atomic E-state index is 13.1. The summed E-state index contributed by atoms with van der Waals surface area (Å²) in [6, 6.07) is 6.39. The summed E-state index contributed by atoms with van der Waals surface area (Å²) in [5, 5.41) is 2.97. The average Bonchev–Trinajstić information content (AvgIpc) is 2.38. The third-order valence-electron chi connectivity index (χ3n) is 3.27. The van der Waals surface area contributed by atoms with Gasteiger partial charge in [-0.05, 0) is 31.0 Å². The molecule has 1 atom stereocenters. The van der Waals surface area contributed by atoms with Crippen LogP contribution in [0.25, 0.3) is 0 Å². The van der Waals surface area contributed by atoms with Crippen LogP contribution in [0, 0.1) is 5.82 Å². The Morgan fingerprint density at radius 1 is 1.40 bits per heavy atom. The number of urea groups is 1. The number of hydrogen-bond donors (Lipinski definition) is 1. The molecule has 0 aliphatic heterocycles. The molecule has 1 rings (SSSR count). The van der Waals surface area contributed by atoms with Crippen LogP contribution in [-0.4, -0.2) is 24.0 Å². The first kappa shape index (κ1) is 16.5. The number of hydrogen-bond acceptors (Lipinski definition) is 1. The number of benzene rings is 1. The van der Waals surface area contributed by atoms with Crippen LogP contribution < -0.4 is 5.32 Å². The third-order valence-corrected chi connectivity index (χ3v) is 3.27. The van der Waals surface area contributed by atoms with Crippen molar-refractivity contribution >= 4 is 6.03 Å². The summed E-state index contributed by atoms with van der Waals surface area (Å²) in [7, 11) is 1.72. The van der Waals surface area contributed by atoms with Crippen LogP contribution >= 0.6 is 0 Å². The molecule has 1 N–H and O–H groups in total. The van der Waals surface area contributed by atoms with Crippen LogP contribution in [-0.2, 0) is 6.54 Å². The first-order chi connectivity index (χ1) is 9.52. The highest BCUT2D eigenvalue weighted by Crippen LogP contribution is 2.07. The zero-order valence-electron chi connectivity index (χ0n) is 12.7. The van der Waals surface area contributed by atoms with Crippen LogP contribution in [0.2, 0.25) is 0 Å². The van der Waals surface area contributed by atoms with Crippen molar-refractivity contribution in [2.45, 2.75) is 52.1 Å². The Hall–Kier alpha value is -1.58. The van der Waals surface area contributed by atoms with E-state index in [1.807, 2.05) is 13.0 Å². The summed E-state index contributed by atoms with van der Waals surface area (Å²) < 4.78 is 13.1. The van der Waals surface area contributed by atoms with E-state index in [0.717, 1.165) is 18.4 Å². The monoisotopic (exact) mass is 280 g/mol. The van der Waals surface area contributed by atoms with Crippen molar-refractivity contribution in [2.75, 3.05) is 7.05 Å². The van der Waals surface area contributed by atoms with Crippen molar-refractivity contribution in [3.05, 3.63) is 35.6 Å². The molecule has 0 aromatic heterocycles. The quantitative estimate of drug-likeness (QED) is 0.754. The maximum absolute atomic E-state index is 13.1. The normalized spacial score (nSPS) is 12.0. The first-order valence-electron chi connectivity index (χ1n) is 7.29. The van der Waals surface area contributed by atoms with Gasteiger partial charge in [0.1, 0.15) is 5.82 Å². The Labute approximate surface area is 121 Å². The van der Waals surface area contributed by atoms with Gasteiger partial charge in [-0.1, -0.05) is 38.3 Å². The third kappa shape index (κ3) is 6.04. The Balaban J connectivity index is 2.39. The number of unbranched alkanes of at least 4 members (excludes halogenated alkanes) is 2. The van der Waals surface area contributed by atoms with Gasteiger partial charge in [0.15, 0.2) is 0 Å². The van der Waals surface area contributed by atoms with E-state index in [9.17, 15) is 9.18 Å². The molecule has 1 aromatic carbocycles. The number of nitrogens with zero attached hydrogens (tertiary/aromatic N) is 1. The molecule has 0 fully saturated rings. The van der Waals surface area contributed by atoms with E-state index in [1.165, 1.54) is 25.0 Å². The number of carbonyl (C=O) groups excluding carboxylic acids is 1. The summed E-state index contributed by atoms with van der Waals surface area (Å²) in [5.41, 5.74) is 0.793. The topological polar surface area (TPSA) is 32.3 Å². The minimum atomic E-state index is -0.274. The molecule has 2 amide bonds. The summed E-state index contributed by atoms with van der Waals surface area (Å²) in [4.78, 5) is 13.6. The van der Waals surface area contributed by atoms with E-state index < -0.39 is 0 Å². The van der Waals surface area contributed by atoms with E-state index in [-0.39, 0.29) is 17.9 Å². The highest BCUT2D eigenvalue weighted by molar-refractivity contribution is 5.74.